The van der Waals surface area contributed by atoms with Crippen LogP contribution in [0.1, 0.15) is 46.4 Å². The van der Waals surface area contributed by atoms with Gasteiger partial charge in [0, 0.05) is 49.8 Å². The summed E-state index contributed by atoms with van der Waals surface area (Å²) in [6.07, 6.45) is 2.20. The fraction of sp³-hybridized carbons (Fsp3) is 0.368. The molecular formula is C38H46N6O7. The Bertz CT molecular complexity index is 1930. The van der Waals surface area contributed by atoms with E-state index in [4.69, 9.17) is 20.2 Å². The fourth-order valence-electron chi connectivity index (χ4n) is 5.68. The molecule has 2 aliphatic heterocycles. The van der Waals surface area contributed by atoms with Crippen molar-refractivity contribution >= 4 is 62.3 Å². The molecule has 7 rings (SSSR count). The number of nitrogens with one attached hydrogen (secondary N) is 1. The number of pyridine rings is 1. The van der Waals surface area contributed by atoms with Crippen molar-refractivity contribution in [2.45, 2.75) is 25.7 Å². The first-order valence-corrected chi connectivity index (χ1v) is 16.7. The smallest absolute Gasteiger partial charge is 0.296 e. The van der Waals surface area contributed by atoms with Gasteiger partial charge in [-0.25, -0.2) is 4.98 Å². The summed E-state index contributed by atoms with van der Waals surface area (Å²) in [5.41, 5.74) is 9.49. The molecule has 3 aliphatic rings. The minimum atomic E-state index is -0.580. The molecule has 270 valence electrons. The molecule has 0 radical (unpaired) electrons. The van der Waals surface area contributed by atoms with Crippen LogP contribution < -0.4 is 25.4 Å². The van der Waals surface area contributed by atoms with E-state index < -0.39 is 11.7 Å². The summed E-state index contributed by atoms with van der Waals surface area (Å²) in [4.78, 5) is 66.9. The number of benzene rings is 3. The average Bonchev–Trinajstić information content (AvgIpc) is 3.55. The Hall–Kier alpha value is -5.24. The largest absolute Gasteiger partial charge is 0.497 e. The molecule has 13 heteroatoms. The van der Waals surface area contributed by atoms with Crippen molar-refractivity contribution in [3.8, 4) is 11.5 Å². The molecule has 1 aliphatic carbocycles. The van der Waals surface area contributed by atoms with Gasteiger partial charge < -0.3 is 35.2 Å². The van der Waals surface area contributed by atoms with Gasteiger partial charge in [0.15, 0.2) is 0 Å². The number of aromatic nitrogens is 1. The Kier molecular flexibility index (Phi) is 13.3. The molecule has 1 aromatic heterocycles. The first-order valence-electron chi connectivity index (χ1n) is 16.7. The normalized spacial score (nSPS) is 14.5. The second kappa shape index (κ2) is 17.6. The van der Waals surface area contributed by atoms with Crippen LogP contribution in [0.4, 0.5) is 11.4 Å². The maximum Gasteiger partial charge on any atom is 0.296 e. The van der Waals surface area contributed by atoms with E-state index in [0.717, 1.165) is 64.9 Å². The van der Waals surface area contributed by atoms with Gasteiger partial charge in [-0.15, -0.1) is 0 Å². The van der Waals surface area contributed by atoms with Crippen LogP contribution in [0.25, 0.3) is 21.8 Å². The van der Waals surface area contributed by atoms with Gasteiger partial charge in [0.1, 0.15) is 23.1 Å². The van der Waals surface area contributed by atoms with Gasteiger partial charge in [0.2, 0.25) is 0 Å². The van der Waals surface area contributed by atoms with Crippen LogP contribution in [0.3, 0.4) is 0 Å². The Morgan fingerprint density at radius 2 is 1.47 bits per heavy atom. The van der Waals surface area contributed by atoms with E-state index in [9.17, 15) is 24.0 Å². The van der Waals surface area contributed by atoms with Crippen molar-refractivity contribution in [2.75, 3.05) is 78.8 Å². The molecule has 0 saturated heterocycles. The summed E-state index contributed by atoms with van der Waals surface area (Å²) in [7, 11) is 11.2. The third-order valence-electron chi connectivity index (χ3n) is 8.31. The number of hydrogen-bond donors (Lipinski definition) is 2. The monoisotopic (exact) mass is 698 g/mol. The lowest BCUT2D eigenvalue weighted by Crippen LogP contribution is -2.34. The summed E-state index contributed by atoms with van der Waals surface area (Å²) in [6.45, 7) is 3.21. The maximum atomic E-state index is 13.1. The van der Waals surface area contributed by atoms with Crippen LogP contribution in [-0.2, 0) is 14.4 Å². The van der Waals surface area contributed by atoms with Crippen molar-refractivity contribution in [1.82, 2.24) is 14.8 Å². The third kappa shape index (κ3) is 9.51. The number of rotatable bonds is 7. The van der Waals surface area contributed by atoms with Crippen LogP contribution >= 0.6 is 0 Å². The summed E-state index contributed by atoms with van der Waals surface area (Å²) in [6, 6.07) is 16.5. The molecule has 1 fully saturated rings. The number of amides is 2. The summed E-state index contributed by atoms with van der Waals surface area (Å²) in [5, 5.41) is 4.25. The SMILES string of the molecule is CN(C)CCN.COc1ccc2c(c1)C(=O)C(=O)N2.COc1ccc2nc3cccc4c3c(c2c1)C(=O)N4CCN(C)C.O=C1CCCC(=O)C1. The van der Waals surface area contributed by atoms with Crippen molar-refractivity contribution in [2.24, 2.45) is 5.73 Å². The van der Waals surface area contributed by atoms with Crippen LogP contribution in [0.2, 0.25) is 0 Å². The Labute approximate surface area is 297 Å². The second-order valence-electron chi connectivity index (χ2n) is 12.7. The predicted molar refractivity (Wildman–Crippen MR) is 198 cm³/mol. The van der Waals surface area contributed by atoms with Crippen LogP contribution in [-0.4, -0.2) is 113 Å². The zero-order valence-corrected chi connectivity index (χ0v) is 30.1. The quantitative estimate of drug-likeness (QED) is 0.163. The molecule has 0 unspecified atom stereocenters. The molecule has 3 aromatic carbocycles. The minimum absolute atomic E-state index is 0.0451. The first kappa shape index (κ1) is 38.6. The van der Waals surface area contributed by atoms with Gasteiger partial charge in [-0.2, -0.15) is 0 Å². The van der Waals surface area contributed by atoms with E-state index in [1.54, 1.807) is 25.3 Å². The average molecular weight is 699 g/mol. The molecule has 0 spiro atoms. The number of carbonyl (C=O) groups excluding carboxylic acids is 5. The fourth-order valence-corrected chi connectivity index (χ4v) is 5.68. The summed E-state index contributed by atoms with van der Waals surface area (Å²) >= 11 is 0. The van der Waals surface area contributed by atoms with E-state index >= 15 is 0 Å². The lowest BCUT2D eigenvalue weighted by atomic mass is 9.98. The molecule has 0 bridgehead atoms. The number of methoxy groups -OCH3 is 2. The predicted octanol–water partition coefficient (Wildman–Crippen LogP) is 3.95. The number of ether oxygens (including phenoxy) is 2. The van der Waals surface area contributed by atoms with Crippen LogP contribution in [0.5, 0.6) is 11.5 Å². The molecule has 2 amide bonds. The van der Waals surface area contributed by atoms with E-state index in [2.05, 4.69) is 15.1 Å². The van der Waals surface area contributed by atoms with E-state index in [1.165, 1.54) is 7.11 Å². The first-order chi connectivity index (χ1) is 24.4. The minimum Gasteiger partial charge on any atom is -0.497 e. The highest BCUT2D eigenvalue weighted by Gasteiger charge is 2.32. The lowest BCUT2D eigenvalue weighted by molar-refractivity contribution is -0.129. The number of anilines is 2. The number of nitrogens with two attached hydrogens (primary N) is 1. The molecule has 4 aromatic rings. The zero-order valence-electron chi connectivity index (χ0n) is 30.1. The van der Waals surface area contributed by atoms with Crippen LogP contribution in [0.15, 0.2) is 54.6 Å². The van der Waals surface area contributed by atoms with Crippen molar-refractivity contribution < 1.29 is 33.4 Å². The van der Waals surface area contributed by atoms with Crippen molar-refractivity contribution in [3.63, 3.8) is 0 Å². The zero-order chi connectivity index (χ0) is 37.2. The van der Waals surface area contributed by atoms with Gasteiger partial charge in [-0.1, -0.05) is 6.07 Å². The molecule has 13 nitrogen and oxygen atoms in total. The number of likely N-dealkylation sites (N-methyl/N-ethyl adjacent to an activating group) is 2. The molecule has 3 heterocycles. The maximum absolute atomic E-state index is 13.1. The Morgan fingerprint density at radius 3 is 2.04 bits per heavy atom. The third-order valence-corrected chi connectivity index (χ3v) is 8.31. The topological polar surface area (TPSA) is 164 Å². The molecule has 0 atom stereocenters. The molecule has 3 N–H and O–H groups in total. The van der Waals surface area contributed by atoms with Gasteiger partial charge in [0.25, 0.3) is 17.6 Å². The van der Waals surface area contributed by atoms with Gasteiger partial charge in [-0.05, 0) is 83.1 Å². The molecule has 51 heavy (non-hydrogen) atoms. The molecular weight excluding hydrogens is 652 g/mol. The van der Waals surface area contributed by atoms with E-state index in [0.29, 0.717) is 36.4 Å². The second-order valence-corrected chi connectivity index (χ2v) is 12.7. The Morgan fingerprint density at radius 1 is 0.824 bits per heavy atom. The highest BCUT2D eigenvalue weighted by Crippen LogP contribution is 2.40. The van der Waals surface area contributed by atoms with Crippen molar-refractivity contribution in [1.29, 1.82) is 0 Å². The van der Waals surface area contributed by atoms with Gasteiger partial charge in [0.05, 0.1) is 54.2 Å². The number of hydrogen-bond acceptors (Lipinski definition) is 11. The summed E-state index contributed by atoms with van der Waals surface area (Å²) < 4.78 is 10.3. The van der Waals surface area contributed by atoms with Gasteiger partial charge in [-0.3, -0.25) is 24.0 Å². The number of carbonyl (C=O) groups is 5. The van der Waals surface area contributed by atoms with E-state index in [1.807, 2.05) is 69.5 Å². The number of nitrogens with zero attached hydrogens (tertiary/aromatic N) is 4. The lowest BCUT2D eigenvalue weighted by Gasteiger charge is -2.20. The highest BCUT2D eigenvalue weighted by molar-refractivity contribution is 6.51. The van der Waals surface area contributed by atoms with Gasteiger partial charge >= 0.3 is 0 Å². The number of fused-ring (bicyclic) bond motifs is 3. The highest BCUT2D eigenvalue weighted by atomic mass is 16.5. The standard InChI is InChI=1S/C19H19N3O2.C9H7NO3.C6H8O2.C4H12N2/c1-21(2)9-10-22-16-6-4-5-15-18(16)17(19(22)23)13-11-12(24-3)7-8-14(13)20-15;1-13-5-2-3-7-6(4-5)8(11)9(12)10-7;7-5-2-1-3-6(8)4-5;1-6(2)4-3-5/h4-8,11H,9-10H2,1-3H3;2-4H,1H3,(H,10,11,12);1-4H2;3-5H2,1-2H3. The summed E-state index contributed by atoms with van der Waals surface area (Å²) in [5.74, 6) is 0.490. The van der Waals surface area contributed by atoms with Crippen molar-refractivity contribution in [3.05, 3.63) is 65.7 Å². The van der Waals surface area contributed by atoms with E-state index in [-0.39, 0.29) is 23.9 Å². The van der Waals surface area contributed by atoms with Crippen LogP contribution in [0, 0.1) is 0 Å². The number of Topliss-reactive ketones (excluding diaryl/α,β-unsaturated/α-hetero) is 3. The Balaban J connectivity index is 0.000000180. The molecule has 1 saturated carbocycles. The number of ketones is 3.